The molecule has 116 valence electrons. The van der Waals surface area contributed by atoms with E-state index in [-0.39, 0.29) is 11.7 Å². The van der Waals surface area contributed by atoms with Gasteiger partial charge >= 0.3 is 0 Å². The topological polar surface area (TPSA) is 20.3 Å². The highest BCUT2D eigenvalue weighted by molar-refractivity contribution is 5.94. The maximum atomic E-state index is 13.1. The number of nitrogens with zero attached hydrogens (tertiary/aromatic N) is 1. The largest absolute Gasteiger partial charge is 0.339 e. The number of benzene rings is 2. The maximum absolute atomic E-state index is 13.1. The monoisotopic (exact) mass is 307 g/mol. The molecule has 0 unspecified atom stereocenters. The normalized spacial score (nSPS) is 14.0. The minimum Gasteiger partial charge on any atom is -0.339 e. The van der Waals surface area contributed by atoms with Crippen molar-refractivity contribution in [1.29, 1.82) is 0 Å². The molecule has 2 aromatic rings. The number of piperidine rings is 1. The summed E-state index contributed by atoms with van der Waals surface area (Å²) < 4.78 is 13.1. The van der Waals surface area contributed by atoms with Crippen LogP contribution in [0.5, 0.6) is 0 Å². The number of carbonyl (C=O) groups excluding carboxylic acids is 1. The summed E-state index contributed by atoms with van der Waals surface area (Å²) in [6.07, 6.45) is 3.38. The Bertz CT molecular complexity index is 749. The molecule has 0 saturated carbocycles. The van der Waals surface area contributed by atoms with Crippen molar-refractivity contribution in [3.05, 3.63) is 71.0 Å². The zero-order valence-electron chi connectivity index (χ0n) is 12.9. The van der Waals surface area contributed by atoms with E-state index < -0.39 is 0 Å². The number of likely N-dealkylation sites (tertiary alicyclic amines) is 1. The number of amides is 1. The van der Waals surface area contributed by atoms with Crippen LogP contribution >= 0.6 is 0 Å². The lowest BCUT2D eigenvalue weighted by Crippen LogP contribution is -2.35. The van der Waals surface area contributed by atoms with Crippen LogP contribution in [0.2, 0.25) is 0 Å². The van der Waals surface area contributed by atoms with Crippen molar-refractivity contribution in [2.45, 2.75) is 19.3 Å². The van der Waals surface area contributed by atoms with Gasteiger partial charge in [0.25, 0.3) is 5.91 Å². The van der Waals surface area contributed by atoms with Gasteiger partial charge in [0, 0.05) is 29.8 Å². The van der Waals surface area contributed by atoms with Gasteiger partial charge in [-0.1, -0.05) is 17.9 Å². The van der Waals surface area contributed by atoms with Gasteiger partial charge < -0.3 is 4.90 Å². The molecule has 0 radical (unpaired) electrons. The zero-order valence-corrected chi connectivity index (χ0v) is 12.9. The van der Waals surface area contributed by atoms with E-state index in [0.717, 1.165) is 31.5 Å². The van der Waals surface area contributed by atoms with Crippen LogP contribution in [0.1, 0.15) is 40.7 Å². The summed E-state index contributed by atoms with van der Waals surface area (Å²) in [4.78, 5) is 14.3. The molecule has 1 amide bonds. The fraction of sp³-hybridized carbons (Fsp3) is 0.250. The van der Waals surface area contributed by atoms with Gasteiger partial charge in [-0.3, -0.25) is 4.79 Å². The molecule has 2 aromatic carbocycles. The Morgan fingerprint density at radius 2 is 1.61 bits per heavy atom. The molecule has 0 aromatic heterocycles. The second kappa shape index (κ2) is 7.11. The second-order valence-electron chi connectivity index (χ2n) is 5.69. The van der Waals surface area contributed by atoms with Gasteiger partial charge in [-0.05, 0) is 61.7 Å². The molecule has 0 atom stereocenters. The third kappa shape index (κ3) is 3.98. The average Bonchev–Trinajstić information content (AvgIpc) is 2.61. The molecule has 0 bridgehead atoms. The highest BCUT2D eigenvalue weighted by Crippen LogP contribution is 2.13. The highest BCUT2D eigenvalue weighted by atomic mass is 19.1. The SMILES string of the molecule is O=C(c1ccc(C#Cc2cccc(F)c2)cc1)N1CCCCC1. The summed E-state index contributed by atoms with van der Waals surface area (Å²) in [6, 6.07) is 13.5. The molecule has 3 heteroatoms. The molecule has 1 fully saturated rings. The number of halogens is 1. The smallest absolute Gasteiger partial charge is 0.253 e. The van der Waals surface area contributed by atoms with Gasteiger partial charge in [-0.2, -0.15) is 0 Å². The van der Waals surface area contributed by atoms with Gasteiger partial charge in [-0.25, -0.2) is 4.39 Å². The zero-order chi connectivity index (χ0) is 16.1. The first-order valence-electron chi connectivity index (χ1n) is 7.89. The highest BCUT2D eigenvalue weighted by Gasteiger charge is 2.17. The van der Waals surface area contributed by atoms with Gasteiger partial charge in [-0.15, -0.1) is 0 Å². The molecule has 2 nitrogen and oxygen atoms in total. The van der Waals surface area contributed by atoms with Crippen LogP contribution in [-0.4, -0.2) is 23.9 Å². The molecule has 3 rings (SSSR count). The fourth-order valence-electron chi connectivity index (χ4n) is 2.69. The standard InChI is InChI=1S/C20H18FNO/c21-19-6-4-5-17(15-19)8-7-16-9-11-18(12-10-16)20(23)22-13-2-1-3-14-22/h4-6,9-12,15H,1-3,13-14H2. The lowest BCUT2D eigenvalue weighted by atomic mass is 10.1. The lowest BCUT2D eigenvalue weighted by molar-refractivity contribution is 0.0724. The van der Waals surface area contributed by atoms with E-state index in [0.29, 0.717) is 11.1 Å². The van der Waals surface area contributed by atoms with Crippen molar-refractivity contribution in [2.75, 3.05) is 13.1 Å². The Morgan fingerprint density at radius 1 is 0.913 bits per heavy atom. The quantitative estimate of drug-likeness (QED) is 0.733. The third-order valence-electron chi connectivity index (χ3n) is 3.95. The maximum Gasteiger partial charge on any atom is 0.253 e. The molecule has 1 aliphatic rings. The summed E-state index contributed by atoms with van der Waals surface area (Å²) >= 11 is 0. The van der Waals surface area contributed by atoms with E-state index in [1.807, 2.05) is 29.2 Å². The Kier molecular flexibility index (Phi) is 4.73. The molecule has 0 N–H and O–H groups in total. The first-order valence-corrected chi connectivity index (χ1v) is 7.89. The lowest BCUT2D eigenvalue weighted by Gasteiger charge is -2.26. The van der Waals surface area contributed by atoms with Crippen molar-refractivity contribution in [3.8, 4) is 11.8 Å². The van der Waals surface area contributed by atoms with Crippen molar-refractivity contribution in [1.82, 2.24) is 4.90 Å². The van der Waals surface area contributed by atoms with Gasteiger partial charge in [0.2, 0.25) is 0 Å². The Hall–Kier alpha value is -2.60. The Labute approximate surface area is 135 Å². The van der Waals surface area contributed by atoms with Gasteiger partial charge in [0.15, 0.2) is 0 Å². The first kappa shape index (κ1) is 15.3. The fourth-order valence-corrected chi connectivity index (χ4v) is 2.69. The number of hydrogen-bond donors (Lipinski definition) is 0. The van der Waals surface area contributed by atoms with Crippen LogP contribution in [0.15, 0.2) is 48.5 Å². The first-order chi connectivity index (χ1) is 11.2. The minimum absolute atomic E-state index is 0.0920. The van der Waals surface area contributed by atoms with Gasteiger partial charge in [0.1, 0.15) is 5.82 Å². The van der Waals surface area contributed by atoms with Crippen molar-refractivity contribution in [3.63, 3.8) is 0 Å². The average molecular weight is 307 g/mol. The van der Waals surface area contributed by atoms with E-state index in [4.69, 9.17) is 0 Å². The predicted octanol–water partition coefficient (Wildman–Crippen LogP) is 3.85. The van der Waals surface area contributed by atoms with E-state index in [2.05, 4.69) is 11.8 Å². The molecule has 0 aliphatic carbocycles. The molecular formula is C20H18FNO. The summed E-state index contributed by atoms with van der Waals surface area (Å²) in [5.74, 6) is 5.72. The molecule has 1 saturated heterocycles. The van der Waals surface area contributed by atoms with Crippen LogP contribution < -0.4 is 0 Å². The van der Waals surface area contributed by atoms with Crippen LogP contribution in [0.4, 0.5) is 4.39 Å². The summed E-state index contributed by atoms with van der Waals surface area (Å²) in [6.45, 7) is 1.69. The van der Waals surface area contributed by atoms with E-state index in [9.17, 15) is 9.18 Å². The Balaban J connectivity index is 1.71. The predicted molar refractivity (Wildman–Crippen MR) is 88.6 cm³/mol. The van der Waals surface area contributed by atoms with Crippen LogP contribution in [0.3, 0.4) is 0 Å². The molecule has 23 heavy (non-hydrogen) atoms. The van der Waals surface area contributed by atoms with Gasteiger partial charge in [0.05, 0.1) is 0 Å². The number of rotatable bonds is 1. The second-order valence-corrected chi connectivity index (χ2v) is 5.69. The molecule has 1 aliphatic heterocycles. The number of hydrogen-bond acceptors (Lipinski definition) is 1. The van der Waals surface area contributed by atoms with E-state index in [1.54, 1.807) is 12.1 Å². The molecular weight excluding hydrogens is 289 g/mol. The minimum atomic E-state index is -0.292. The van der Waals surface area contributed by atoms with Crippen molar-refractivity contribution in [2.24, 2.45) is 0 Å². The van der Waals surface area contributed by atoms with Crippen LogP contribution in [0, 0.1) is 17.7 Å². The third-order valence-corrected chi connectivity index (χ3v) is 3.95. The van der Waals surface area contributed by atoms with Crippen molar-refractivity contribution >= 4 is 5.91 Å². The summed E-state index contributed by atoms with van der Waals surface area (Å²) in [5, 5.41) is 0. The Morgan fingerprint density at radius 3 is 2.30 bits per heavy atom. The van der Waals surface area contributed by atoms with Crippen molar-refractivity contribution < 1.29 is 9.18 Å². The van der Waals surface area contributed by atoms with Crippen LogP contribution in [0.25, 0.3) is 0 Å². The summed E-state index contributed by atoms with van der Waals surface area (Å²) in [7, 11) is 0. The molecule has 0 spiro atoms. The van der Waals surface area contributed by atoms with E-state index in [1.165, 1.54) is 18.6 Å². The van der Waals surface area contributed by atoms with Crippen LogP contribution in [-0.2, 0) is 0 Å². The number of carbonyl (C=O) groups is 1. The molecule has 1 heterocycles. The van der Waals surface area contributed by atoms with E-state index >= 15 is 0 Å². The summed E-state index contributed by atoms with van der Waals surface area (Å²) in [5.41, 5.74) is 2.14.